The van der Waals surface area contributed by atoms with Crippen LogP contribution in [0.3, 0.4) is 0 Å². The van der Waals surface area contributed by atoms with Crippen molar-refractivity contribution in [3.8, 4) is 0 Å². The molecule has 2 aromatic heterocycles. The van der Waals surface area contributed by atoms with E-state index in [0.29, 0.717) is 6.04 Å². The van der Waals surface area contributed by atoms with E-state index >= 15 is 0 Å². The van der Waals surface area contributed by atoms with Crippen LogP contribution in [0.2, 0.25) is 0 Å². The summed E-state index contributed by atoms with van der Waals surface area (Å²) in [6.45, 7) is 3.67. The highest BCUT2D eigenvalue weighted by Crippen LogP contribution is 2.23. The van der Waals surface area contributed by atoms with Crippen LogP contribution in [-0.4, -0.2) is 64.9 Å². The van der Waals surface area contributed by atoms with Crippen LogP contribution in [0, 0.1) is 0 Å². The molecule has 0 spiro atoms. The molecule has 2 aliphatic heterocycles. The van der Waals surface area contributed by atoms with Crippen LogP contribution in [-0.2, 0) is 17.8 Å². The van der Waals surface area contributed by atoms with E-state index < -0.39 is 12.1 Å². The molecule has 0 unspecified atom stereocenters. The maximum Gasteiger partial charge on any atom is 0.490 e. The number of anilines is 2. The van der Waals surface area contributed by atoms with Crippen molar-refractivity contribution in [2.45, 2.75) is 38.0 Å². The molecule has 3 N–H and O–H groups in total. The van der Waals surface area contributed by atoms with Crippen molar-refractivity contribution in [1.29, 1.82) is 0 Å². The minimum absolute atomic E-state index is 0.0333. The van der Waals surface area contributed by atoms with Gasteiger partial charge in [-0.1, -0.05) is 6.07 Å². The number of aromatic amines is 1. The average Bonchev–Trinajstić information content (AvgIpc) is 2.78. The highest BCUT2D eigenvalue weighted by atomic mass is 19.4. The molecular formula is C20H25F3N6O3. The van der Waals surface area contributed by atoms with Gasteiger partial charge in [0.25, 0.3) is 0 Å². The number of carbonyl (C=O) groups is 1. The third kappa shape index (κ3) is 5.96. The number of hydrogen-bond acceptors (Lipinski definition) is 7. The third-order valence-corrected chi connectivity index (χ3v) is 5.46. The maximum atomic E-state index is 11.5. The number of pyridine rings is 1. The van der Waals surface area contributed by atoms with Gasteiger partial charge in [0.15, 0.2) is 0 Å². The van der Waals surface area contributed by atoms with Crippen LogP contribution in [0.25, 0.3) is 0 Å². The topological polar surface area (TPSA) is 114 Å². The van der Waals surface area contributed by atoms with Crippen molar-refractivity contribution in [2.75, 3.05) is 36.5 Å². The first-order chi connectivity index (χ1) is 15.1. The van der Waals surface area contributed by atoms with Crippen molar-refractivity contribution in [3.05, 3.63) is 46.0 Å². The molecule has 0 aliphatic carbocycles. The Morgan fingerprint density at radius 3 is 2.59 bits per heavy atom. The Morgan fingerprint density at radius 2 is 1.94 bits per heavy atom. The second-order valence-electron chi connectivity index (χ2n) is 7.61. The van der Waals surface area contributed by atoms with Crippen LogP contribution in [0.15, 0.2) is 29.2 Å². The monoisotopic (exact) mass is 454 g/mol. The standard InChI is InChI=1S/C18H24N6O.C2HF3O2/c1-23(14-4-8-19-9-5-14)16-6-10-20-18(22-16)24-11-7-15-13(12-24)2-3-17(25)21-15;3-2(4,5)1(6)7/h2-3,6,10,14,19H,4-5,7-9,11-12H2,1H3,(H,21,25);(H,6,7). The molecule has 32 heavy (non-hydrogen) atoms. The number of aliphatic carboxylic acids is 1. The number of rotatable bonds is 3. The lowest BCUT2D eigenvalue weighted by Crippen LogP contribution is -2.41. The number of fused-ring (bicyclic) bond motifs is 1. The first kappa shape index (κ1) is 23.5. The molecule has 0 aromatic carbocycles. The highest BCUT2D eigenvalue weighted by Gasteiger charge is 2.38. The van der Waals surface area contributed by atoms with Gasteiger partial charge in [0, 0.05) is 50.6 Å². The maximum absolute atomic E-state index is 11.5. The smallest absolute Gasteiger partial charge is 0.475 e. The summed E-state index contributed by atoms with van der Waals surface area (Å²) in [6.07, 6.45) is -0.151. The number of halogens is 3. The Hall–Kier alpha value is -3.15. The van der Waals surface area contributed by atoms with Crippen molar-refractivity contribution in [1.82, 2.24) is 20.3 Å². The second kappa shape index (κ2) is 9.98. The van der Waals surface area contributed by atoms with Crippen LogP contribution in [0.5, 0.6) is 0 Å². The zero-order chi connectivity index (χ0) is 23.3. The zero-order valence-electron chi connectivity index (χ0n) is 17.5. The number of hydrogen-bond donors (Lipinski definition) is 3. The summed E-state index contributed by atoms with van der Waals surface area (Å²) in [5, 5.41) is 10.5. The first-order valence-corrected chi connectivity index (χ1v) is 10.2. The fourth-order valence-electron chi connectivity index (χ4n) is 3.69. The number of nitrogens with zero attached hydrogens (tertiary/aromatic N) is 4. The number of nitrogens with one attached hydrogen (secondary N) is 2. The number of carboxylic acid groups (broad SMARTS) is 1. The van der Waals surface area contributed by atoms with Crippen LogP contribution >= 0.6 is 0 Å². The van der Waals surface area contributed by atoms with Crippen molar-refractivity contribution < 1.29 is 23.1 Å². The Labute approximate surface area is 182 Å². The fourth-order valence-corrected chi connectivity index (χ4v) is 3.69. The van der Waals surface area contributed by atoms with Gasteiger partial charge in [0.1, 0.15) is 5.82 Å². The molecule has 0 radical (unpaired) electrons. The Morgan fingerprint density at radius 1 is 1.25 bits per heavy atom. The summed E-state index contributed by atoms with van der Waals surface area (Å²) in [6, 6.07) is 6.01. The number of carboxylic acids is 1. The number of aromatic nitrogens is 3. The molecule has 0 atom stereocenters. The highest BCUT2D eigenvalue weighted by molar-refractivity contribution is 5.73. The van der Waals surface area contributed by atoms with Gasteiger partial charge in [-0.3, -0.25) is 4.79 Å². The van der Waals surface area contributed by atoms with Crippen molar-refractivity contribution in [2.24, 2.45) is 0 Å². The largest absolute Gasteiger partial charge is 0.490 e. The van der Waals surface area contributed by atoms with Gasteiger partial charge in [-0.15, -0.1) is 0 Å². The molecule has 4 rings (SSSR count). The van der Waals surface area contributed by atoms with Gasteiger partial charge in [-0.05, 0) is 37.6 Å². The number of piperidine rings is 1. The van der Waals surface area contributed by atoms with E-state index in [0.717, 1.165) is 68.5 Å². The molecule has 2 aromatic rings. The number of alkyl halides is 3. The second-order valence-corrected chi connectivity index (χ2v) is 7.61. The minimum Gasteiger partial charge on any atom is -0.475 e. The summed E-state index contributed by atoms with van der Waals surface area (Å²) < 4.78 is 31.7. The Bertz CT molecular complexity index is 991. The van der Waals surface area contributed by atoms with E-state index in [1.807, 2.05) is 18.3 Å². The fraction of sp³-hybridized carbons (Fsp3) is 0.500. The van der Waals surface area contributed by atoms with E-state index in [4.69, 9.17) is 14.9 Å². The normalized spacial score (nSPS) is 16.6. The molecule has 2 aliphatic rings. The number of H-pyrrole nitrogens is 1. The molecule has 1 saturated heterocycles. The van der Waals surface area contributed by atoms with Gasteiger partial charge in [0.2, 0.25) is 11.5 Å². The van der Waals surface area contributed by atoms with E-state index in [-0.39, 0.29) is 5.56 Å². The quantitative estimate of drug-likeness (QED) is 0.640. The summed E-state index contributed by atoms with van der Waals surface area (Å²) in [4.78, 5) is 37.0. The van der Waals surface area contributed by atoms with Crippen LogP contribution in [0.1, 0.15) is 24.1 Å². The third-order valence-electron chi connectivity index (χ3n) is 5.46. The van der Waals surface area contributed by atoms with Gasteiger partial charge in [-0.25, -0.2) is 9.78 Å². The molecular weight excluding hydrogens is 429 g/mol. The van der Waals surface area contributed by atoms with Gasteiger partial charge in [0.05, 0.1) is 0 Å². The lowest BCUT2D eigenvalue weighted by molar-refractivity contribution is -0.192. The van der Waals surface area contributed by atoms with Gasteiger partial charge in [-0.2, -0.15) is 18.2 Å². The predicted octanol–water partition coefficient (Wildman–Crippen LogP) is 1.55. The van der Waals surface area contributed by atoms with E-state index in [1.54, 1.807) is 6.07 Å². The summed E-state index contributed by atoms with van der Waals surface area (Å²) >= 11 is 0. The first-order valence-electron chi connectivity index (χ1n) is 10.2. The van der Waals surface area contributed by atoms with Crippen molar-refractivity contribution in [3.63, 3.8) is 0 Å². The summed E-state index contributed by atoms with van der Waals surface area (Å²) in [5.41, 5.74) is 2.15. The molecule has 0 amide bonds. The molecule has 0 bridgehead atoms. The molecule has 12 heteroatoms. The molecule has 0 saturated carbocycles. The zero-order valence-corrected chi connectivity index (χ0v) is 17.5. The Kier molecular flexibility index (Phi) is 7.33. The van der Waals surface area contributed by atoms with Crippen LogP contribution < -0.4 is 20.7 Å². The summed E-state index contributed by atoms with van der Waals surface area (Å²) in [7, 11) is 2.12. The van der Waals surface area contributed by atoms with E-state index in [1.165, 1.54) is 0 Å². The minimum atomic E-state index is -5.08. The molecule has 174 valence electrons. The lowest BCUT2D eigenvalue weighted by atomic mass is 10.1. The van der Waals surface area contributed by atoms with Crippen LogP contribution in [0.4, 0.5) is 24.9 Å². The lowest BCUT2D eigenvalue weighted by Gasteiger charge is -2.33. The molecule has 9 nitrogen and oxygen atoms in total. The SMILES string of the molecule is CN(c1ccnc(N2CCc3[nH]c(=O)ccc3C2)n1)C1CCNCC1.O=C(O)C(F)(F)F. The van der Waals surface area contributed by atoms with Crippen molar-refractivity contribution >= 4 is 17.7 Å². The van der Waals surface area contributed by atoms with Gasteiger partial charge >= 0.3 is 12.1 Å². The predicted molar refractivity (Wildman–Crippen MR) is 112 cm³/mol. The van der Waals surface area contributed by atoms with E-state index in [9.17, 15) is 18.0 Å². The summed E-state index contributed by atoms with van der Waals surface area (Å²) in [5.74, 6) is -1.02. The molecule has 1 fully saturated rings. The van der Waals surface area contributed by atoms with E-state index in [2.05, 4.69) is 32.1 Å². The molecule has 4 heterocycles. The average molecular weight is 454 g/mol. The Balaban J connectivity index is 0.000000360. The van der Waals surface area contributed by atoms with Gasteiger partial charge < -0.3 is 25.2 Å².